The summed E-state index contributed by atoms with van der Waals surface area (Å²) in [6.07, 6.45) is 0. The lowest BCUT2D eigenvalue weighted by molar-refractivity contribution is -0.384. The Bertz CT molecular complexity index is 674. The Labute approximate surface area is 127 Å². The van der Waals surface area contributed by atoms with Crippen LogP contribution in [0.15, 0.2) is 36.4 Å². The largest absolute Gasteiger partial charge is 0.495 e. The molecule has 0 aliphatic rings. The molecule has 5 nitrogen and oxygen atoms in total. The zero-order chi connectivity index (χ0) is 15.4. The van der Waals surface area contributed by atoms with Gasteiger partial charge >= 0.3 is 0 Å². The molecule has 2 aromatic carbocycles. The number of nitro benzene ring substituents is 1. The van der Waals surface area contributed by atoms with Crippen molar-refractivity contribution in [1.29, 1.82) is 0 Å². The summed E-state index contributed by atoms with van der Waals surface area (Å²) >= 11 is 6.07. The maximum Gasteiger partial charge on any atom is 0.270 e. The molecule has 2 aromatic rings. The van der Waals surface area contributed by atoms with Crippen molar-refractivity contribution in [2.24, 2.45) is 0 Å². The molecule has 0 fully saturated rings. The van der Waals surface area contributed by atoms with Crippen LogP contribution in [0.5, 0.6) is 5.75 Å². The zero-order valence-corrected chi connectivity index (χ0v) is 12.5. The van der Waals surface area contributed by atoms with Crippen LogP contribution in [0.1, 0.15) is 11.1 Å². The van der Waals surface area contributed by atoms with Gasteiger partial charge in [-0.05, 0) is 36.2 Å². The molecular formula is C15H15ClN2O3. The van der Waals surface area contributed by atoms with Gasteiger partial charge in [0.2, 0.25) is 0 Å². The van der Waals surface area contributed by atoms with Crippen LogP contribution < -0.4 is 10.1 Å². The lowest BCUT2D eigenvalue weighted by Crippen LogP contribution is -2.02. The highest BCUT2D eigenvalue weighted by Gasteiger charge is 2.10. The molecule has 21 heavy (non-hydrogen) atoms. The van der Waals surface area contributed by atoms with E-state index in [9.17, 15) is 10.1 Å². The van der Waals surface area contributed by atoms with Crippen LogP contribution >= 0.6 is 11.6 Å². The Balaban J connectivity index is 2.17. The molecule has 110 valence electrons. The summed E-state index contributed by atoms with van der Waals surface area (Å²) in [6, 6.07) is 10.3. The van der Waals surface area contributed by atoms with Crippen molar-refractivity contribution in [1.82, 2.24) is 0 Å². The molecule has 0 aliphatic carbocycles. The quantitative estimate of drug-likeness (QED) is 0.665. The smallest absolute Gasteiger partial charge is 0.270 e. The lowest BCUT2D eigenvalue weighted by Gasteiger charge is -2.12. The van der Waals surface area contributed by atoms with Gasteiger partial charge in [-0.2, -0.15) is 0 Å². The van der Waals surface area contributed by atoms with Crippen molar-refractivity contribution in [3.63, 3.8) is 0 Å². The summed E-state index contributed by atoms with van der Waals surface area (Å²) in [5.41, 5.74) is 2.72. The predicted octanol–water partition coefficient (Wildman–Crippen LogP) is 4.18. The van der Waals surface area contributed by atoms with Gasteiger partial charge in [-0.25, -0.2) is 0 Å². The van der Waals surface area contributed by atoms with Gasteiger partial charge in [0.1, 0.15) is 5.75 Å². The summed E-state index contributed by atoms with van der Waals surface area (Å²) in [4.78, 5) is 10.2. The van der Waals surface area contributed by atoms with E-state index in [0.717, 1.165) is 22.6 Å². The van der Waals surface area contributed by atoms with Gasteiger partial charge in [-0.3, -0.25) is 10.1 Å². The number of hydrogen-bond acceptors (Lipinski definition) is 4. The van der Waals surface area contributed by atoms with Gasteiger partial charge in [0.25, 0.3) is 5.69 Å². The Morgan fingerprint density at radius 2 is 2.05 bits per heavy atom. The summed E-state index contributed by atoms with van der Waals surface area (Å²) in [6.45, 7) is 2.44. The second-order valence-electron chi connectivity index (χ2n) is 4.59. The molecule has 0 amide bonds. The number of nitro groups is 1. The molecule has 0 aromatic heterocycles. The average molecular weight is 307 g/mol. The van der Waals surface area contributed by atoms with Crippen LogP contribution in [0.4, 0.5) is 11.4 Å². The first-order chi connectivity index (χ1) is 10.0. The molecule has 0 aliphatic heterocycles. The number of non-ortho nitro benzene ring substituents is 1. The standard InChI is InChI=1S/C15H15ClN2O3/c1-10-3-6-15(21-2)14(7-10)17-9-11-4-5-12(18(19)20)8-13(11)16/h3-8,17H,9H2,1-2H3. The van der Waals surface area contributed by atoms with E-state index in [1.54, 1.807) is 13.2 Å². The number of ether oxygens (including phenoxy) is 1. The van der Waals surface area contributed by atoms with Crippen LogP contribution in [0, 0.1) is 17.0 Å². The zero-order valence-electron chi connectivity index (χ0n) is 11.7. The van der Waals surface area contributed by atoms with E-state index in [1.807, 2.05) is 25.1 Å². The number of aryl methyl sites for hydroxylation is 1. The van der Waals surface area contributed by atoms with E-state index < -0.39 is 4.92 Å². The van der Waals surface area contributed by atoms with E-state index >= 15 is 0 Å². The third kappa shape index (κ3) is 3.64. The van der Waals surface area contributed by atoms with Gasteiger partial charge < -0.3 is 10.1 Å². The molecule has 0 spiro atoms. The van der Waals surface area contributed by atoms with Crippen molar-refractivity contribution in [2.45, 2.75) is 13.5 Å². The van der Waals surface area contributed by atoms with Crippen molar-refractivity contribution in [2.75, 3.05) is 12.4 Å². The third-order valence-electron chi connectivity index (χ3n) is 3.07. The third-order valence-corrected chi connectivity index (χ3v) is 3.42. The maximum atomic E-state index is 10.7. The molecular weight excluding hydrogens is 292 g/mol. The van der Waals surface area contributed by atoms with E-state index in [2.05, 4.69) is 5.32 Å². The van der Waals surface area contributed by atoms with Crippen molar-refractivity contribution < 1.29 is 9.66 Å². The summed E-state index contributed by atoms with van der Waals surface area (Å²) in [5, 5.41) is 14.3. The van der Waals surface area contributed by atoms with Crippen LogP contribution in [-0.2, 0) is 6.54 Å². The topological polar surface area (TPSA) is 64.4 Å². The maximum absolute atomic E-state index is 10.7. The lowest BCUT2D eigenvalue weighted by atomic mass is 10.1. The SMILES string of the molecule is COc1ccc(C)cc1NCc1ccc([N+](=O)[O-])cc1Cl. The first-order valence-corrected chi connectivity index (χ1v) is 6.70. The molecule has 0 saturated carbocycles. The minimum atomic E-state index is -0.466. The molecule has 6 heteroatoms. The van der Waals surface area contributed by atoms with Gasteiger partial charge in [0.15, 0.2) is 0 Å². The number of nitrogens with one attached hydrogen (secondary N) is 1. The highest BCUT2D eigenvalue weighted by Crippen LogP contribution is 2.27. The molecule has 0 atom stereocenters. The number of anilines is 1. The molecule has 0 bridgehead atoms. The van der Waals surface area contributed by atoms with Crippen LogP contribution in [0.3, 0.4) is 0 Å². The minimum absolute atomic E-state index is 0.0168. The number of methoxy groups -OCH3 is 1. The normalized spacial score (nSPS) is 10.2. The second-order valence-corrected chi connectivity index (χ2v) is 5.00. The fourth-order valence-electron chi connectivity index (χ4n) is 1.94. The van der Waals surface area contributed by atoms with Crippen molar-refractivity contribution >= 4 is 23.0 Å². The number of benzene rings is 2. The van der Waals surface area contributed by atoms with Crippen LogP contribution in [0.2, 0.25) is 5.02 Å². The Kier molecular flexibility index (Phi) is 4.65. The molecule has 0 heterocycles. The van der Waals surface area contributed by atoms with Gasteiger partial charge in [-0.15, -0.1) is 0 Å². The van der Waals surface area contributed by atoms with Gasteiger partial charge in [-0.1, -0.05) is 17.7 Å². The van der Waals surface area contributed by atoms with Crippen LogP contribution in [-0.4, -0.2) is 12.0 Å². The minimum Gasteiger partial charge on any atom is -0.495 e. The predicted molar refractivity (Wildman–Crippen MR) is 83.2 cm³/mol. The second kappa shape index (κ2) is 6.45. The first kappa shape index (κ1) is 15.1. The summed E-state index contributed by atoms with van der Waals surface area (Å²) in [5.74, 6) is 0.735. The molecule has 0 saturated heterocycles. The molecule has 0 unspecified atom stereocenters. The van der Waals surface area contributed by atoms with E-state index in [-0.39, 0.29) is 5.69 Å². The van der Waals surface area contributed by atoms with Gasteiger partial charge in [0, 0.05) is 18.7 Å². The Hall–Kier alpha value is -2.27. The first-order valence-electron chi connectivity index (χ1n) is 6.32. The molecule has 0 radical (unpaired) electrons. The van der Waals surface area contributed by atoms with E-state index in [0.29, 0.717) is 11.6 Å². The Morgan fingerprint density at radius 1 is 1.29 bits per heavy atom. The van der Waals surface area contributed by atoms with Crippen molar-refractivity contribution in [3.05, 3.63) is 62.7 Å². The number of halogens is 1. The van der Waals surface area contributed by atoms with Crippen LogP contribution in [0.25, 0.3) is 0 Å². The molecule has 1 N–H and O–H groups in total. The highest BCUT2D eigenvalue weighted by atomic mass is 35.5. The summed E-state index contributed by atoms with van der Waals surface area (Å²) < 4.78 is 5.28. The fraction of sp³-hybridized carbons (Fsp3) is 0.200. The summed E-state index contributed by atoms with van der Waals surface area (Å²) in [7, 11) is 1.61. The average Bonchev–Trinajstić information content (AvgIpc) is 2.46. The monoisotopic (exact) mass is 306 g/mol. The van der Waals surface area contributed by atoms with Gasteiger partial charge in [0.05, 0.1) is 22.7 Å². The molecule has 2 rings (SSSR count). The van der Waals surface area contributed by atoms with Crippen molar-refractivity contribution in [3.8, 4) is 5.75 Å². The highest BCUT2D eigenvalue weighted by molar-refractivity contribution is 6.31. The number of rotatable bonds is 5. The number of hydrogen-bond donors (Lipinski definition) is 1. The van der Waals surface area contributed by atoms with E-state index in [1.165, 1.54) is 12.1 Å². The fourth-order valence-corrected chi connectivity index (χ4v) is 2.19. The number of nitrogens with zero attached hydrogens (tertiary/aromatic N) is 1. The van der Waals surface area contributed by atoms with E-state index in [4.69, 9.17) is 16.3 Å². The Morgan fingerprint density at radius 3 is 2.67 bits per heavy atom.